The maximum atomic E-state index is 12.1. The van der Waals surface area contributed by atoms with Crippen LogP contribution in [-0.2, 0) is 14.8 Å². The summed E-state index contributed by atoms with van der Waals surface area (Å²) in [5, 5.41) is 3.41. The van der Waals surface area contributed by atoms with Crippen LogP contribution in [-0.4, -0.2) is 20.6 Å². The molecule has 0 aliphatic heterocycles. The zero-order valence-corrected chi connectivity index (χ0v) is 17.2. The van der Waals surface area contributed by atoms with Gasteiger partial charge in [-0.15, -0.1) is 11.3 Å². The van der Waals surface area contributed by atoms with E-state index in [9.17, 15) is 13.2 Å². The molecule has 2 aromatic carbocycles. The van der Waals surface area contributed by atoms with Crippen molar-refractivity contribution in [2.45, 2.75) is 0 Å². The lowest BCUT2D eigenvalue weighted by atomic mass is 10.2. The average molecular weight is 433 g/mol. The van der Waals surface area contributed by atoms with Crippen LogP contribution < -0.4 is 10.0 Å². The number of hydrogen-bond donors (Lipinski definition) is 2. The minimum absolute atomic E-state index is 0.276. The molecule has 0 atom stereocenters. The first-order valence-electron chi connectivity index (χ1n) is 8.21. The highest BCUT2D eigenvalue weighted by Crippen LogP contribution is 2.30. The van der Waals surface area contributed by atoms with Gasteiger partial charge < -0.3 is 5.32 Å². The highest BCUT2D eigenvalue weighted by Gasteiger charge is 2.04. The predicted octanol–water partition coefficient (Wildman–Crippen LogP) is 5.09. The first-order valence-corrected chi connectivity index (χ1v) is 11.3. The quantitative estimate of drug-likeness (QED) is 0.532. The van der Waals surface area contributed by atoms with E-state index in [2.05, 4.69) is 10.0 Å². The van der Waals surface area contributed by atoms with Gasteiger partial charge in [-0.05, 0) is 60.2 Å². The van der Waals surface area contributed by atoms with Crippen molar-refractivity contribution in [2.24, 2.45) is 0 Å². The smallest absolute Gasteiger partial charge is 0.248 e. The van der Waals surface area contributed by atoms with Gasteiger partial charge >= 0.3 is 0 Å². The Bertz CT molecular complexity index is 1120. The van der Waals surface area contributed by atoms with Crippen LogP contribution in [0.1, 0.15) is 4.88 Å². The SMILES string of the molecule is CS(=O)(=O)Nc1ccc(NC(=O)/C=C/c2ccc(-c3cccc(Cl)c3)s2)cc1. The third-order valence-electron chi connectivity index (χ3n) is 3.59. The molecule has 0 saturated carbocycles. The number of halogens is 1. The van der Waals surface area contributed by atoms with Gasteiger partial charge in [0.1, 0.15) is 0 Å². The summed E-state index contributed by atoms with van der Waals surface area (Å²) in [5.41, 5.74) is 2.03. The number of thiophene rings is 1. The topological polar surface area (TPSA) is 75.3 Å². The number of carbonyl (C=O) groups is 1. The zero-order valence-electron chi connectivity index (χ0n) is 14.8. The van der Waals surface area contributed by atoms with E-state index in [0.717, 1.165) is 21.6 Å². The average Bonchev–Trinajstić information content (AvgIpc) is 3.10. The maximum Gasteiger partial charge on any atom is 0.248 e. The predicted molar refractivity (Wildman–Crippen MR) is 117 cm³/mol. The molecule has 1 heterocycles. The highest BCUT2D eigenvalue weighted by atomic mass is 35.5. The Kier molecular flexibility index (Phi) is 6.18. The molecule has 0 bridgehead atoms. The third kappa shape index (κ3) is 5.95. The van der Waals surface area contributed by atoms with Crippen LogP contribution in [0, 0.1) is 0 Å². The van der Waals surface area contributed by atoms with Crippen molar-refractivity contribution >= 4 is 56.3 Å². The molecule has 0 saturated heterocycles. The minimum Gasteiger partial charge on any atom is -0.323 e. The van der Waals surface area contributed by atoms with Gasteiger partial charge in [-0.25, -0.2) is 8.42 Å². The van der Waals surface area contributed by atoms with Crippen molar-refractivity contribution in [3.63, 3.8) is 0 Å². The molecule has 28 heavy (non-hydrogen) atoms. The van der Waals surface area contributed by atoms with Crippen molar-refractivity contribution < 1.29 is 13.2 Å². The van der Waals surface area contributed by atoms with Gasteiger partial charge in [0, 0.05) is 32.2 Å². The van der Waals surface area contributed by atoms with Gasteiger partial charge in [0.2, 0.25) is 15.9 Å². The molecule has 5 nitrogen and oxygen atoms in total. The molecule has 0 spiro atoms. The fraction of sp³-hybridized carbons (Fsp3) is 0.0500. The van der Waals surface area contributed by atoms with Crippen LogP contribution in [0.5, 0.6) is 0 Å². The van der Waals surface area contributed by atoms with Crippen LogP contribution in [0.3, 0.4) is 0 Å². The van der Waals surface area contributed by atoms with Crippen molar-refractivity contribution in [1.29, 1.82) is 0 Å². The molecule has 144 valence electrons. The Morgan fingerprint density at radius 1 is 1.04 bits per heavy atom. The van der Waals surface area contributed by atoms with Gasteiger partial charge in [0.05, 0.1) is 6.26 Å². The Balaban J connectivity index is 1.61. The second-order valence-corrected chi connectivity index (χ2v) is 9.29. The number of benzene rings is 2. The van der Waals surface area contributed by atoms with Gasteiger partial charge in [-0.1, -0.05) is 23.7 Å². The number of rotatable bonds is 6. The summed E-state index contributed by atoms with van der Waals surface area (Å²) in [6.45, 7) is 0. The van der Waals surface area contributed by atoms with E-state index in [1.165, 1.54) is 6.08 Å². The van der Waals surface area contributed by atoms with Crippen molar-refractivity contribution in [3.8, 4) is 10.4 Å². The zero-order chi connectivity index (χ0) is 20.1. The number of carbonyl (C=O) groups excluding carboxylic acids is 1. The first-order chi connectivity index (χ1) is 13.3. The summed E-state index contributed by atoms with van der Waals surface area (Å²) in [6.07, 6.45) is 4.28. The van der Waals surface area contributed by atoms with Crippen LogP contribution >= 0.6 is 22.9 Å². The molecule has 0 aliphatic rings. The summed E-state index contributed by atoms with van der Waals surface area (Å²) in [7, 11) is -3.33. The highest BCUT2D eigenvalue weighted by molar-refractivity contribution is 7.92. The Morgan fingerprint density at radius 3 is 2.43 bits per heavy atom. The molecular formula is C20H17ClN2O3S2. The van der Waals surface area contributed by atoms with E-state index in [4.69, 9.17) is 11.6 Å². The van der Waals surface area contributed by atoms with Gasteiger partial charge in [0.25, 0.3) is 0 Å². The lowest BCUT2D eigenvalue weighted by Crippen LogP contribution is -2.10. The molecule has 8 heteroatoms. The van der Waals surface area contributed by atoms with E-state index in [1.54, 1.807) is 41.7 Å². The molecule has 0 aliphatic carbocycles. The van der Waals surface area contributed by atoms with E-state index < -0.39 is 10.0 Å². The van der Waals surface area contributed by atoms with Crippen molar-refractivity contribution in [2.75, 3.05) is 16.3 Å². The normalized spacial score (nSPS) is 11.5. The third-order valence-corrected chi connectivity index (χ3v) is 5.53. The Morgan fingerprint density at radius 2 is 1.75 bits per heavy atom. The first kappa shape index (κ1) is 20.1. The van der Waals surface area contributed by atoms with Crippen LogP contribution in [0.2, 0.25) is 5.02 Å². The van der Waals surface area contributed by atoms with Crippen LogP contribution in [0.25, 0.3) is 16.5 Å². The lowest BCUT2D eigenvalue weighted by molar-refractivity contribution is -0.111. The molecular weight excluding hydrogens is 416 g/mol. The maximum absolute atomic E-state index is 12.1. The number of hydrogen-bond acceptors (Lipinski definition) is 4. The van der Waals surface area contributed by atoms with E-state index in [1.807, 2.05) is 36.4 Å². The summed E-state index contributed by atoms with van der Waals surface area (Å²) in [5.74, 6) is -0.276. The fourth-order valence-corrected chi connectivity index (χ4v) is 4.08. The molecule has 1 aromatic heterocycles. The molecule has 3 aromatic rings. The van der Waals surface area contributed by atoms with E-state index in [-0.39, 0.29) is 5.91 Å². The molecule has 1 amide bonds. The van der Waals surface area contributed by atoms with E-state index in [0.29, 0.717) is 16.4 Å². The summed E-state index contributed by atoms with van der Waals surface area (Å²) >= 11 is 7.59. The minimum atomic E-state index is -3.33. The largest absolute Gasteiger partial charge is 0.323 e. The molecule has 2 N–H and O–H groups in total. The van der Waals surface area contributed by atoms with Gasteiger partial charge in [-0.3, -0.25) is 9.52 Å². The molecule has 0 radical (unpaired) electrons. The van der Waals surface area contributed by atoms with Crippen molar-refractivity contribution in [1.82, 2.24) is 0 Å². The van der Waals surface area contributed by atoms with Crippen molar-refractivity contribution in [3.05, 3.63) is 76.6 Å². The number of nitrogens with one attached hydrogen (secondary N) is 2. The second-order valence-electron chi connectivity index (χ2n) is 5.99. The lowest BCUT2D eigenvalue weighted by Gasteiger charge is -2.05. The monoisotopic (exact) mass is 432 g/mol. The van der Waals surface area contributed by atoms with Gasteiger partial charge in [-0.2, -0.15) is 0 Å². The molecule has 3 rings (SSSR count). The summed E-state index contributed by atoms with van der Waals surface area (Å²) in [4.78, 5) is 14.1. The van der Waals surface area contributed by atoms with Crippen LogP contribution in [0.4, 0.5) is 11.4 Å². The van der Waals surface area contributed by atoms with Crippen LogP contribution in [0.15, 0.2) is 66.7 Å². The fourth-order valence-electron chi connectivity index (χ4n) is 2.42. The number of amides is 1. The second kappa shape index (κ2) is 8.60. The summed E-state index contributed by atoms with van der Waals surface area (Å²) in [6, 6.07) is 18.0. The Labute approximate surface area is 172 Å². The number of anilines is 2. The Hall–Kier alpha value is -2.61. The summed E-state index contributed by atoms with van der Waals surface area (Å²) < 4.78 is 24.8. The standard InChI is InChI=1S/C20H17ClN2O3S2/c1-28(25,26)23-17-7-5-16(6-8-17)22-20(24)12-10-18-9-11-19(27-18)14-3-2-4-15(21)13-14/h2-13,23H,1H3,(H,22,24)/b12-10+. The molecule has 0 unspecified atom stereocenters. The molecule has 0 fully saturated rings. The number of sulfonamides is 1. The van der Waals surface area contributed by atoms with Gasteiger partial charge in [0.15, 0.2) is 0 Å². The van der Waals surface area contributed by atoms with E-state index >= 15 is 0 Å².